The first-order valence-corrected chi connectivity index (χ1v) is 9.70. The Morgan fingerprint density at radius 3 is 2.66 bits per heavy atom. The highest BCUT2D eigenvalue weighted by molar-refractivity contribution is 5.85. The molecule has 2 aromatic carbocycles. The van der Waals surface area contributed by atoms with Crippen molar-refractivity contribution in [2.75, 3.05) is 26.2 Å². The molecule has 0 aromatic heterocycles. The lowest BCUT2D eigenvalue weighted by Crippen LogP contribution is -2.44. The smallest absolute Gasteiger partial charge is 0.304 e. The van der Waals surface area contributed by atoms with E-state index in [4.69, 9.17) is 9.84 Å². The molecule has 1 saturated heterocycles. The molecule has 2 aliphatic heterocycles. The lowest BCUT2D eigenvalue weighted by molar-refractivity contribution is -0.137. The van der Waals surface area contributed by atoms with Crippen LogP contribution in [0.2, 0.25) is 0 Å². The van der Waals surface area contributed by atoms with Gasteiger partial charge in [0, 0.05) is 23.1 Å². The first-order chi connectivity index (χ1) is 13.6. The van der Waals surface area contributed by atoms with Crippen LogP contribution in [-0.2, 0) is 10.2 Å². The number of hydrogen-bond donors (Lipinski definition) is 1. The van der Waals surface area contributed by atoms with E-state index in [-0.39, 0.29) is 30.1 Å². The van der Waals surface area contributed by atoms with Gasteiger partial charge in [-0.2, -0.15) is 0 Å². The quantitative estimate of drug-likeness (QED) is 0.721. The lowest BCUT2D eigenvalue weighted by atomic mass is 9.74. The van der Waals surface area contributed by atoms with Crippen LogP contribution >= 0.6 is 12.4 Å². The van der Waals surface area contributed by atoms with Gasteiger partial charge in [0.1, 0.15) is 11.6 Å². The fourth-order valence-electron chi connectivity index (χ4n) is 4.16. The summed E-state index contributed by atoms with van der Waals surface area (Å²) in [5.74, 6) is -0.0646. The molecule has 2 heterocycles. The zero-order chi connectivity index (χ0) is 19.6. The Labute approximate surface area is 176 Å². The van der Waals surface area contributed by atoms with E-state index in [1.807, 2.05) is 18.2 Å². The van der Waals surface area contributed by atoms with Crippen molar-refractivity contribution in [3.8, 4) is 5.75 Å². The number of nitrogens with zero attached hydrogens (tertiary/aromatic N) is 1. The maximum atomic E-state index is 13.8. The van der Waals surface area contributed by atoms with Crippen LogP contribution in [0.3, 0.4) is 0 Å². The molecule has 1 fully saturated rings. The average molecular weight is 418 g/mol. The number of likely N-dealkylation sites (tertiary alicyclic amines) is 1. The molecule has 0 unspecified atom stereocenters. The van der Waals surface area contributed by atoms with Gasteiger partial charge in [0.15, 0.2) is 0 Å². The molecular formula is C23H25ClFNO3. The summed E-state index contributed by atoms with van der Waals surface area (Å²) in [6, 6.07) is 12.9. The number of benzene rings is 2. The number of rotatable bonds is 5. The van der Waals surface area contributed by atoms with Crippen LogP contribution in [-0.4, -0.2) is 42.2 Å². The number of ether oxygens (including phenoxy) is 1. The van der Waals surface area contributed by atoms with E-state index in [0.29, 0.717) is 18.7 Å². The largest absolute Gasteiger partial charge is 0.492 e. The number of hydrogen-bond acceptors (Lipinski definition) is 3. The molecule has 4 rings (SSSR count). The molecule has 0 atom stereocenters. The average Bonchev–Trinajstić information content (AvgIpc) is 3.04. The first-order valence-electron chi connectivity index (χ1n) is 9.70. The first kappa shape index (κ1) is 21.3. The molecule has 0 saturated carbocycles. The summed E-state index contributed by atoms with van der Waals surface area (Å²) in [5.41, 5.74) is 2.82. The number of carboxylic acid groups (broad SMARTS) is 1. The molecule has 0 aliphatic carbocycles. The number of aliphatic carboxylic acids is 1. The van der Waals surface area contributed by atoms with Crippen molar-refractivity contribution < 1.29 is 19.0 Å². The zero-order valence-electron chi connectivity index (χ0n) is 16.1. The molecular weight excluding hydrogens is 393 g/mol. The topological polar surface area (TPSA) is 49.8 Å². The van der Waals surface area contributed by atoms with Gasteiger partial charge in [0.25, 0.3) is 0 Å². The van der Waals surface area contributed by atoms with Crippen LogP contribution in [0.15, 0.2) is 42.5 Å². The van der Waals surface area contributed by atoms with E-state index in [2.05, 4.69) is 17.0 Å². The van der Waals surface area contributed by atoms with E-state index < -0.39 is 5.97 Å². The van der Waals surface area contributed by atoms with Crippen LogP contribution in [0.4, 0.5) is 4.39 Å². The zero-order valence-corrected chi connectivity index (χ0v) is 17.0. The number of carbonyl (C=O) groups is 1. The summed E-state index contributed by atoms with van der Waals surface area (Å²) in [7, 11) is 0. The molecule has 1 N–H and O–H groups in total. The van der Waals surface area contributed by atoms with Crippen molar-refractivity contribution in [2.24, 2.45) is 0 Å². The minimum atomic E-state index is -0.745. The second kappa shape index (κ2) is 8.97. The standard InChI is InChI=1S/C23H24FNO3.ClH/c24-20-4-2-1-3-18(20)7-5-17-6-8-19-21(15-17)28-16-23(19)10-13-25(14-11-23)12-9-22(26)27;/h1-8,15H,9-14,16H2,(H,26,27);1H. The fourth-order valence-corrected chi connectivity index (χ4v) is 4.16. The third-order valence-electron chi connectivity index (χ3n) is 5.90. The molecule has 29 heavy (non-hydrogen) atoms. The molecule has 6 heteroatoms. The van der Waals surface area contributed by atoms with Gasteiger partial charge in [-0.05, 0) is 43.6 Å². The Bertz CT molecular complexity index is 907. The van der Waals surface area contributed by atoms with Crippen molar-refractivity contribution in [1.29, 1.82) is 0 Å². The van der Waals surface area contributed by atoms with Gasteiger partial charge in [-0.1, -0.05) is 42.5 Å². The van der Waals surface area contributed by atoms with E-state index in [0.717, 1.165) is 37.2 Å². The van der Waals surface area contributed by atoms with Crippen LogP contribution in [0, 0.1) is 5.82 Å². The predicted octanol–water partition coefficient (Wildman–Crippen LogP) is 4.62. The molecule has 0 amide bonds. The highest BCUT2D eigenvalue weighted by atomic mass is 35.5. The van der Waals surface area contributed by atoms with E-state index in [1.165, 1.54) is 11.6 Å². The summed E-state index contributed by atoms with van der Waals surface area (Å²) in [4.78, 5) is 13.0. The molecule has 2 aromatic rings. The summed E-state index contributed by atoms with van der Waals surface area (Å²) in [6.07, 6.45) is 5.83. The summed E-state index contributed by atoms with van der Waals surface area (Å²) < 4.78 is 19.8. The van der Waals surface area contributed by atoms with E-state index >= 15 is 0 Å². The molecule has 0 radical (unpaired) electrons. The van der Waals surface area contributed by atoms with Crippen molar-refractivity contribution in [2.45, 2.75) is 24.7 Å². The van der Waals surface area contributed by atoms with E-state index in [9.17, 15) is 9.18 Å². The highest BCUT2D eigenvalue weighted by Gasteiger charge is 2.42. The summed E-state index contributed by atoms with van der Waals surface area (Å²) >= 11 is 0. The molecule has 4 nitrogen and oxygen atoms in total. The maximum Gasteiger partial charge on any atom is 0.304 e. The molecule has 1 spiro atoms. The number of fused-ring (bicyclic) bond motifs is 2. The minimum Gasteiger partial charge on any atom is -0.492 e. The van der Waals surface area contributed by atoms with Gasteiger partial charge in [-0.15, -0.1) is 12.4 Å². The van der Waals surface area contributed by atoms with Gasteiger partial charge >= 0.3 is 5.97 Å². The number of piperidine rings is 1. The van der Waals surface area contributed by atoms with Crippen LogP contribution < -0.4 is 4.74 Å². The summed E-state index contributed by atoms with van der Waals surface area (Å²) in [6.45, 7) is 3.07. The van der Waals surface area contributed by atoms with Crippen molar-refractivity contribution in [1.82, 2.24) is 4.90 Å². The summed E-state index contributed by atoms with van der Waals surface area (Å²) in [5, 5.41) is 8.86. The van der Waals surface area contributed by atoms with Gasteiger partial charge < -0.3 is 14.7 Å². The minimum absolute atomic E-state index is 0. The Kier molecular flexibility index (Phi) is 6.60. The van der Waals surface area contributed by atoms with Gasteiger partial charge in [0.2, 0.25) is 0 Å². The monoisotopic (exact) mass is 417 g/mol. The number of carboxylic acids is 1. The third-order valence-corrected chi connectivity index (χ3v) is 5.90. The molecule has 2 aliphatic rings. The van der Waals surface area contributed by atoms with Crippen LogP contribution in [0.5, 0.6) is 5.75 Å². The second-order valence-corrected chi connectivity index (χ2v) is 7.66. The fraction of sp³-hybridized carbons (Fsp3) is 0.348. The predicted molar refractivity (Wildman–Crippen MR) is 114 cm³/mol. The van der Waals surface area contributed by atoms with E-state index in [1.54, 1.807) is 18.2 Å². The van der Waals surface area contributed by atoms with Crippen molar-refractivity contribution in [3.63, 3.8) is 0 Å². The van der Waals surface area contributed by atoms with Gasteiger partial charge in [0.05, 0.1) is 13.0 Å². The van der Waals surface area contributed by atoms with Crippen LogP contribution in [0.1, 0.15) is 36.0 Å². The number of halogens is 2. The molecule has 154 valence electrons. The van der Waals surface area contributed by atoms with Crippen molar-refractivity contribution >= 4 is 30.5 Å². The Morgan fingerprint density at radius 1 is 1.17 bits per heavy atom. The Morgan fingerprint density at radius 2 is 1.93 bits per heavy atom. The van der Waals surface area contributed by atoms with Crippen LogP contribution in [0.25, 0.3) is 12.2 Å². The Hall–Kier alpha value is -2.37. The maximum absolute atomic E-state index is 13.8. The Balaban J connectivity index is 0.00000240. The normalized spacial score (nSPS) is 17.7. The highest BCUT2D eigenvalue weighted by Crippen LogP contribution is 2.45. The molecule has 0 bridgehead atoms. The van der Waals surface area contributed by atoms with Crippen molar-refractivity contribution in [3.05, 3.63) is 65.0 Å². The SMILES string of the molecule is Cl.O=C(O)CCN1CCC2(CC1)COc1cc(C=Cc3ccccc3F)ccc12. The lowest BCUT2D eigenvalue weighted by Gasteiger charge is -2.38. The third kappa shape index (κ3) is 4.62. The van der Waals surface area contributed by atoms with Gasteiger partial charge in [-0.25, -0.2) is 4.39 Å². The van der Waals surface area contributed by atoms with Gasteiger partial charge in [-0.3, -0.25) is 4.79 Å². The second-order valence-electron chi connectivity index (χ2n) is 7.66.